The smallest absolute Gasteiger partial charge is 0.128 e. The molecule has 0 aliphatic heterocycles. The molecular formula is C23H23NO. The van der Waals surface area contributed by atoms with Gasteiger partial charge in [-0.2, -0.15) is 0 Å². The Bertz CT molecular complexity index is 866. The van der Waals surface area contributed by atoms with E-state index in [0.29, 0.717) is 5.92 Å². The number of rotatable bonds is 5. The zero-order valence-electron chi connectivity index (χ0n) is 14.9. The van der Waals surface area contributed by atoms with E-state index in [1.807, 2.05) is 60.8 Å². The van der Waals surface area contributed by atoms with Crippen molar-refractivity contribution in [2.24, 2.45) is 4.99 Å². The Kier molecular flexibility index (Phi) is 5.30. The van der Waals surface area contributed by atoms with E-state index >= 15 is 0 Å². The Hall–Kier alpha value is -2.87. The van der Waals surface area contributed by atoms with Gasteiger partial charge in [-0.1, -0.05) is 62.4 Å². The van der Waals surface area contributed by atoms with E-state index in [1.165, 1.54) is 11.1 Å². The highest BCUT2D eigenvalue weighted by molar-refractivity contribution is 5.83. The number of hydrogen-bond acceptors (Lipinski definition) is 2. The highest BCUT2D eigenvalue weighted by atomic mass is 16.5. The molecule has 2 heteroatoms. The Balaban J connectivity index is 1.84. The normalized spacial score (nSPS) is 11.2. The molecule has 0 aliphatic rings. The van der Waals surface area contributed by atoms with Crippen LogP contribution in [0.3, 0.4) is 0 Å². The molecule has 0 bridgehead atoms. The fourth-order valence-electron chi connectivity index (χ4n) is 2.75. The molecule has 126 valence electrons. The van der Waals surface area contributed by atoms with Crippen LogP contribution in [0, 0.1) is 6.92 Å². The first-order valence-corrected chi connectivity index (χ1v) is 8.60. The number of aliphatic imine (C=N–C) groups is 1. The lowest BCUT2D eigenvalue weighted by Gasteiger charge is -2.11. The van der Waals surface area contributed by atoms with E-state index in [0.717, 1.165) is 22.7 Å². The first kappa shape index (κ1) is 17.0. The molecule has 0 unspecified atom stereocenters. The second-order valence-electron chi connectivity index (χ2n) is 6.41. The van der Waals surface area contributed by atoms with E-state index in [-0.39, 0.29) is 0 Å². The van der Waals surface area contributed by atoms with Crippen LogP contribution < -0.4 is 4.74 Å². The van der Waals surface area contributed by atoms with Crippen molar-refractivity contribution in [3.05, 3.63) is 89.5 Å². The summed E-state index contributed by atoms with van der Waals surface area (Å²) in [6.45, 7) is 6.50. The number of benzene rings is 3. The summed E-state index contributed by atoms with van der Waals surface area (Å²) in [4.78, 5) is 4.76. The van der Waals surface area contributed by atoms with Gasteiger partial charge in [-0.3, -0.25) is 4.99 Å². The Morgan fingerprint density at radius 2 is 1.56 bits per heavy atom. The minimum Gasteiger partial charge on any atom is -0.457 e. The van der Waals surface area contributed by atoms with Gasteiger partial charge in [0.15, 0.2) is 0 Å². The summed E-state index contributed by atoms with van der Waals surface area (Å²) in [5.41, 5.74) is 4.55. The van der Waals surface area contributed by atoms with Crippen molar-refractivity contribution < 1.29 is 4.74 Å². The first-order valence-electron chi connectivity index (χ1n) is 8.60. The maximum atomic E-state index is 5.90. The van der Waals surface area contributed by atoms with Crippen LogP contribution in [0.4, 0.5) is 5.69 Å². The minimum atomic E-state index is 0.444. The molecule has 0 radical (unpaired) electrons. The van der Waals surface area contributed by atoms with Crippen LogP contribution in [0.5, 0.6) is 11.5 Å². The molecule has 0 amide bonds. The Morgan fingerprint density at radius 1 is 0.840 bits per heavy atom. The maximum absolute atomic E-state index is 5.90. The highest BCUT2D eigenvalue weighted by Crippen LogP contribution is 2.30. The standard InChI is InChI=1S/C23H23NO/c1-17(2)22-14-7-9-18(3)23(22)24-16-19-10-8-13-21(15-19)25-20-11-5-4-6-12-20/h4-17H,1-3H3. The predicted octanol–water partition coefficient (Wildman–Crippen LogP) is 6.66. The fourth-order valence-corrected chi connectivity index (χ4v) is 2.75. The second-order valence-corrected chi connectivity index (χ2v) is 6.41. The van der Waals surface area contributed by atoms with Crippen LogP contribution in [-0.2, 0) is 0 Å². The molecule has 0 aliphatic carbocycles. The van der Waals surface area contributed by atoms with Gasteiger partial charge in [0.1, 0.15) is 11.5 Å². The van der Waals surface area contributed by atoms with E-state index in [2.05, 4.69) is 39.0 Å². The van der Waals surface area contributed by atoms with Crippen LogP contribution >= 0.6 is 0 Å². The predicted molar refractivity (Wildman–Crippen MR) is 105 cm³/mol. The molecule has 25 heavy (non-hydrogen) atoms. The third-order valence-electron chi connectivity index (χ3n) is 4.07. The molecule has 2 nitrogen and oxygen atoms in total. The summed E-state index contributed by atoms with van der Waals surface area (Å²) < 4.78 is 5.90. The molecule has 0 saturated heterocycles. The third kappa shape index (κ3) is 4.36. The molecule has 0 saturated carbocycles. The van der Waals surface area contributed by atoms with Crippen molar-refractivity contribution >= 4 is 11.9 Å². The van der Waals surface area contributed by atoms with E-state index in [4.69, 9.17) is 9.73 Å². The van der Waals surface area contributed by atoms with Gasteiger partial charge in [-0.05, 0) is 53.8 Å². The summed E-state index contributed by atoms with van der Waals surface area (Å²) in [5.74, 6) is 2.08. The molecule has 0 atom stereocenters. The molecule has 0 heterocycles. The van der Waals surface area contributed by atoms with Gasteiger partial charge < -0.3 is 4.74 Å². The molecule has 0 fully saturated rings. The highest BCUT2D eigenvalue weighted by Gasteiger charge is 2.07. The average Bonchev–Trinajstić information content (AvgIpc) is 2.61. The van der Waals surface area contributed by atoms with Gasteiger partial charge in [0, 0.05) is 6.21 Å². The van der Waals surface area contributed by atoms with Crippen molar-refractivity contribution in [1.29, 1.82) is 0 Å². The number of ether oxygens (including phenoxy) is 1. The van der Waals surface area contributed by atoms with Gasteiger partial charge in [0.05, 0.1) is 5.69 Å². The SMILES string of the molecule is Cc1cccc(C(C)C)c1N=Cc1cccc(Oc2ccccc2)c1. The van der Waals surface area contributed by atoms with Crippen molar-refractivity contribution in [3.63, 3.8) is 0 Å². The van der Waals surface area contributed by atoms with E-state index in [1.54, 1.807) is 0 Å². The van der Waals surface area contributed by atoms with Crippen molar-refractivity contribution in [1.82, 2.24) is 0 Å². The Labute approximate surface area is 149 Å². The van der Waals surface area contributed by atoms with Gasteiger partial charge in [0.25, 0.3) is 0 Å². The van der Waals surface area contributed by atoms with Crippen molar-refractivity contribution in [2.75, 3.05) is 0 Å². The molecule has 3 aromatic rings. The van der Waals surface area contributed by atoms with Gasteiger partial charge in [0.2, 0.25) is 0 Å². The summed E-state index contributed by atoms with van der Waals surface area (Å²) in [5, 5.41) is 0. The molecule has 0 spiro atoms. The minimum absolute atomic E-state index is 0.444. The lowest BCUT2D eigenvalue weighted by atomic mass is 9.98. The molecular weight excluding hydrogens is 306 g/mol. The van der Waals surface area contributed by atoms with Crippen LogP contribution in [0.2, 0.25) is 0 Å². The summed E-state index contributed by atoms with van der Waals surface area (Å²) in [7, 11) is 0. The molecule has 0 N–H and O–H groups in total. The molecule has 3 rings (SSSR count). The monoisotopic (exact) mass is 329 g/mol. The first-order chi connectivity index (χ1) is 12.1. The lowest BCUT2D eigenvalue weighted by molar-refractivity contribution is 0.482. The second kappa shape index (κ2) is 7.80. The number of hydrogen-bond donors (Lipinski definition) is 0. The zero-order chi connectivity index (χ0) is 17.6. The quantitative estimate of drug-likeness (QED) is 0.479. The number of nitrogens with zero attached hydrogens (tertiary/aromatic N) is 1. The van der Waals surface area contributed by atoms with E-state index in [9.17, 15) is 0 Å². The maximum Gasteiger partial charge on any atom is 0.128 e. The summed E-state index contributed by atoms with van der Waals surface area (Å²) in [6.07, 6.45) is 1.91. The Morgan fingerprint density at radius 3 is 2.32 bits per heavy atom. The van der Waals surface area contributed by atoms with Crippen LogP contribution in [0.25, 0.3) is 0 Å². The third-order valence-corrected chi connectivity index (χ3v) is 4.07. The molecule has 0 aromatic heterocycles. The topological polar surface area (TPSA) is 21.6 Å². The number of para-hydroxylation sites is 2. The van der Waals surface area contributed by atoms with Crippen molar-refractivity contribution in [3.8, 4) is 11.5 Å². The molecule has 3 aromatic carbocycles. The lowest BCUT2D eigenvalue weighted by Crippen LogP contribution is -1.91. The van der Waals surface area contributed by atoms with Gasteiger partial charge in [-0.25, -0.2) is 0 Å². The largest absolute Gasteiger partial charge is 0.457 e. The van der Waals surface area contributed by atoms with Gasteiger partial charge in [-0.15, -0.1) is 0 Å². The van der Waals surface area contributed by atoms with E-state index < -0.39 is 0 Å². The average molecular weight is 329 g/mol. The zero-order valence-corrected chi connectivity index (χ0v) is 14.9. The van der Waals surface area contributed by atoms with Crippen LogP contribution in [-0.4, -0.2) is 6.21 Å². The fraction of sp³-hybridized carbons (Fsp3) is 0.174. The summed E-state index contributed by atoms with van der Waals surface area (Å²) >= 11 is 0. The van der Waals surface area contributed by atoms with Gasteiger partial charge >= 0.3 is 0 Å². The number of aryl methyl sites for hydroxylation is 1. The summed E-state index contributed by atoms with van der Waals surface area (Å²) in [6, 6.07) is 24.1. The van der Waals surface area contributed by atoms with Crippen LogP contribution in [0.15, 0.2) is 77.8 Å². The van der Waals surface area contributed by atoms with Crippen LogP contribution in [0.1, 0.15) is 36.5 Å². The van der Waals surface area contributed by atoms with Crippen molar-refractivity contribution in [2.45, 2.75) is 26.7 Å².